The number of benzene rings is 1. The molecule has 0 radical (unpaired) electrons. The van der Waals surface area contributed by atoms with Crippen molar-refractivity contribution in [1.29, 1.82) is 0 Å². The van der Waals surface area contributed by atoms with E-state index >= 15 is 0 Å². The van der Waals surface area contributed by atoms with Crippen molar-refractivity contribution in [1.82, 2.24) is 4.98 Å². The van der Waals surface area contributed by atoms with Gasteiger partial charge in [0.1, 0.15) is 5.75 Å². The highest BCUT2D eigenvalue weighted by Crippen LogP contribution is 2.35. The van der Waals surface area contributed by atoms with Crippen LogP contribution in [0.5, 0.6) is 11.6 Å². The van der Waals surface area contributed by atoms with E-state index in [1.165, 1.54) is 37.6 Å². The number of pyridine rings is 1. The van der Waals surface area contributed by atoms with Crippen molar-refractivity contribution >= 4 is 5.69 Å². The minimum atomic E-state index is -4.76. The minimum absolute atomic E-state index is 0.211. The van der Waals surface area contributed by atoms with E-state index in [1.54, 1.807) is 6.07 Å². The van der Waals surface area contributed by atoms with Gasteiger partial charge in [0.15, 0.2) is 0 Å². The molecule has 0 aliphatic heterocycles. The molecular formula is C13H11F3N2O2. The number of halogens is 3. The van der Waals surface area contributed by atoms with Crippen molar-refractivity contribution in [2.45, 2.75) is 6.36 Å². The van der Waals surface area contributed by atoms with Gasteiger partial charge in [-0.1, -0.05) is 18.2 Å². The summed E-state index contributed by atoms with van der Waals surface area (Å²) in [6.07, 6.45) is -3.39. The maximum absolute atomic E-state index is 12.4. The largest absolute Gasteiger partial charge is 0.573 e. The molecule has 2 aromatic rings. The van der Waals surface area contributed by atoms with Crippen molar-refractivity contribution in [3.05, 3.63) is 36.5 Å². The van der Waals surface area contributed by atoms with Gasteiger partial charge in [0.25, 0.3) is 0 Å². The molecule has 1 aromatic carbocycles. The van der Waals surface area contributed by atoms with Crippen LogP contribution in [-0.2, 0) is 0 Å². The van der Waals surface area contributed by atoms with Crippen LogP contribution in [0.1, 0.15) is 0 Å². The van der Waals surface area contributed by atoms with E-state index in [9.17, 15) is 13.2 Å². The summed E-state index contributed by atoms with van der Waals surface area (Å²) in [6.45, 7) is 0. The fourth-order valence-corrected chi connectivity index (χ4v) is 1.71. The zero-order chi connectivity index (χ0) is 14.8. The molecular weight excluding hydrogens is 273 g/mol. The van der Waals surface area contributed by atoms with E-state index in [2.05, 4.69) is 9.72 Å². The number of nitrogens with zero attached hydrogens (tertiary/aromatic N) is 1. The van der Waals surface area contributed by atoms with Crippen molar-refractivity contribution in [3.8, 4) is 22.8 Å². The number of anilines is 1. The van der Waals surface area contributed by atoms with E-state index in [4.69, 9.17) is 10.5 Å². The van der Waals surface area contributed by atoms with Crippen molar-refractivity contribution < 1.29 is 22.6 Å². The zero-order valence-electron chi connectivity index (χ0n) is 10.4. The molecule has 4 nitrogen and oxygen atoms in total. The average molecular weight is 284 g/mol. The lowest BCUT2D eigenvalue weighted by molar-refractivity contribution is -0.274. The molecule has 2 N–H and O–H groups in total. The molecule has 0 bridgehead atoms. The zero-order valence-corrected chi connectivity index (χ0v) is 10.4. The maximum atomic E-state index is 12.4. The lowest BCUT2D eigenvalue weighted by atomic mass is 10.1. The van der Waals surface area contributed by atoms with Crippen LogP contribution in [0.3, 0.4) is 0 Å². The number of para-hydroxylation sites is 1. The lowest BCUT2D eigenvalue weighted by Gasteiger charge is -2.13. The molecule has 20 heavy (non-hydrogen) atoms. The minimum Gasteiger partial charge on any atom is -0.480 e. The quantitative estimate of drug-likeness (QED) is 0.940. The molecule has 0 spiro atoms. The molecule has 0 saturated carbocycles. The summed E-state index contributed by atoms with van der Waals surface area (Å²) in [5.41, 5.74) is 6.57. The number of nitrogens with two attached hydrogens (primary N) is 1. The Morgan fingerprint density at radius 3 is 2.50 bits per heavy atom. The topological polar surface area (TPSA) is 57.4 Å². The number of hydrogen-bond donors (Lipinski definition) is 1. The summed E-state index contributed by atoms with van der Waals surface area (Å²) in [6, 6.07) is 7.24. The highest BCUT2D eigenvalue weighted by Gasteiger charge is 2.32. The molecule has 0 fully saturated rings. The van der Waals surface area contributed by atoms with Gasteiger partial charge in [0.2, 0.25) is 5.88 Å². The Hall–Kier alpha value is -2.44. The van der Waals surface area contributed by atoms with Crippen LogP contribution in [0.15, 0.2) is 36.5 Å². The Morgan fingerprint density at radius 2 is 1.90 bits per heavy atom. The van der Waals surface area contributed by atoms with Gasteiger partial charge in [-0.3, -0.25) is 0 Å². The SMILES string of the molecule is COc1ncc(-c2ccccc2OC(F)(F)F)cc1N. The monoisotopic (exact) mass is 284 g/mol. The van der Waals surface area contributed by atoms with Crippen LogP contribution in [0.2, 0.25) is 0 Å². The van der Waals surface area contributed by atoms with Gasteiger partial charge in [0, 0.05) is 17.3 Å². The van der Waals surface area contributed by atoms with Gasteiger partial charge in [-0.15, -0.1) is 13.2 Å². The third kappa shape index (κ3) is 3.11. The molecule has 0 aliphatic rings. The van der Waals surface area contributed by atoms with E-state index in [0.29, 0.717) is 5.56 Å². The fourth-order valence-electron chi connectivity index (χ4n) is 1.71. The molecule has 0 aliphatic carbocycles. The van der Waals surface area contributed by atoms with Crippen molar-refractivity contribution in [2.75, 3.05) is 12.8 Å². The average Bonchev–Trinajstić information content (AvgIpc) is 2.37. The molecule has 1 aromatic heterocycles. The normalized spacial score (nSPS) is 11.2. The molecule has 2 rings (SSSR count). The molecule has 0 saturated heterocycles. The van der Waals surface area contributed by atoms with Gasteiger partial charge in [-0.05, 0) is 12.1 Å². The van der Waals surface area contributed by atoms with Gasteiger partial charge < -0.3 is 15.2 Å². The standard InChI is InChI=1S/C13H11F3N2O2/c1-19-12-10(17)6-8(7-18-12)9-4-2-3-5-11(9)20-13(14,15)16/h2-7H,17H2,1H3. The van der Waals surface area contributed by atoms with Crippen LogP contribution < -0.4 is 15.2 Å². The first kappa shape index (κ1) is 14.0. The Morgan fingerprint density at radius 1 is 1.20 bits per heavy atom. The Bertz CT molecular complexity index is 615. The highest BCUT2D eigenvalue weighted by molar-refractivity contribution is 5.73. The second-order valence-corrected chi connectivity index (χ2v) is 3.87. The van der Waals surface area contributed by atoms with Crippen molar-refractivity contribution in [2.24, 2.45) is 0 Å². The first-order valence-electron chi connectivity index (χ1n) is 5.55. The first-order valence-corrected chi connectivity index (χ1v) is 5.55. The summed E-state index contributed by atoms with van der Waals surface area (Å²) in [5.74, 6) is -0.102. The van der Waals surface area contributed by atoms with Gasteiger partial charge in [-0.2, -0.15) is 0 Å². The predicted octanol–water partition coefficient (Wildman–Crippen LogP) is 3.24. The smallest absolute Gasteiger partial charge is 0.480 e. The number of rotatable bonds is 3. The predicted molar refractivity (Wildman–Crippen MR) is 67.3 cm³/mol. The van der Waals surface area contributed by atoms with Gasteiger partial charge >= 0.3 is 6.36 Å². The molecule has 1 heterocycles. The number of hydrogen-bond acceptors (Lipinski definition) is 4. The highest BCUT2D eigenvalue weighted by atomic mass is 19.4. The molecule has 0 unspecified atom stereocenters. The van der Waals surface area contributed by atoms with Crippen LogP contribution in [0.25, 0.3) is 11.1 Å². The van der Waals surface area contributed by atoms with Crippen LogP contribution in [0, 0.1) is 0 Å². The van der Waals surface area contributed by atoms with Gasteiger partial charge in [-0.25, -0.2) is 4.98 Å². The summed E-state index contributed by atoms with van der Waals surface area (Å²) < 4.78 is 45.9. The maximum Gasteiger partial charge on any atom is 0.573 e. The van der Waals surface area contributed by atoms with Crippen LogP contribution in [0.4, 0.5) is 18.9 Å². The summed E-state index contributed by atoms with van der Waals surface area (Å²) in [4.78, 5) is 3.93. The number of methoxy groups -OCH3 is 1. The third-order valence-corrected chi connectivity index (χ3v) is 2.50. The van der Waals surface area contributed by atoms with Crippen molar-refractivity contribution in [3.63, 3.8) is 0 Å². The Kier molecular flexibility index (Phi) is 3.69. The number of ether oxygens (including phenoxy) is 2. The Labute approximate surface area is 113 Å². The van der Waals surface area contributed by atoms with Crippen LogP contribution in [-0.4, -0.2) is 18.5 Å². The van der Waals surface area contributed by atoms with E-state index < -0.39 is 6.36 Å². The van der Waals surface area contributed by atoms with Crippen LogP contribution >= 0.6 is 0 Å². The fraction of sp³-hybridized carbons (Fsp3) is 0.154. The Balaban J connectivity index is 2.45. The molecule has 7 heteroatoms. The number of aromatic nitrogens is 1. The van der Waals surface area contributed by atoms with E-state index in [0.717, 1.165) is 0 Å². The summed E-state index contributed by atoms with van der Waals surface area (Å²) in [7, 11) is 1.40. The van der Waals surface area contributed by atoms with Gasteiger partial charge in [0.05, 0.1) is 12.8 Å². The number of alkyl halides is 3. The molecule has 0 amide bonds. The molecule has 0 atom stereocenters. The lowest BCUT2D eigenvalue weighted by Crippen LogP contribution is -2.17. The summed E-state index contributed by atoms with van der Waals surface area (Å²) >= 11 is 0. The third-order valence-electron chi connectivity index (χ3n) is 2.50. The molecule has 106 valence electrons. The van der Waals surface area contributed by atoms with E-state index in [-0.39, 0.29) is 22.9 Å². The summed E-state index contributed by atoms with van der Waals surface area (Å²) in [5, 5.41) is 0. The number of nitrogen functional groups attached to an aromatic ring is 1. The second-order valence-electron chi connectivity index (χ2n) is 3.87. The van der Waals surface area contributed by atoms with E-state index in [1.807, 2.05) is 0 Å². The first-order chi connectivity index (χ1) is 9.40. The second kappa shape index (κ2) is 5.28.